The number of carbonyl (C=O) groups is 1. The lowest BCUT2D eigenvalue weighted by atomic mass is 9.91. The third-order valence-corrected chi connectivity index (χ3v) is 5.96. The zero-order chi connectivity index (χ0) is 22.3. The van der Waals surface area contributed by atoms with E-state index in [2.05, 4.69) is 0 Å². The van der Waals surface area contributed by atoms with Crippen molar-refractivity contribution in [2.24, 2.45) is 0 Å². The van der Waals surface area contributed by atoms with Gasteiger partial charge in [-0.3, -0.25) is 4.79 Å². The Kier molecular flexibility index (Phi) is 5.26. The number of fused-ring (bicyclic) bond motifs is 3. The smallest absolute Gasteiger partial charge is 0.422 e. The Hall–Kier alpha value is -3.27. The van der Waals surface area contributed by atoms with Gasteiger partial charge in [-0.05, 0) is 35.6 Å². The molecule has 0 fully saturated rings. The molecule has 0 saturated carbocycles. The summed E-state index contributed by atoms with van der Waals surface area (Å²) in [6.45, 7) is -1.46. The molecular weight excluding hydrogens is 435 g/mol. The lowest BCUT2D eigenvalue weighted by Crippen LogP contribution is -2.26. The van der Waals surface area contributed by atoms with E-state index in [-0.39, 0.29) is 23.1 Å². The predicted molar refractivity (Wildman–Crippen MR) is 107 cm³/mol. The molecule has 0 saturated heterocycles. The van der Waals surface area contributed by atoms with Gasteiger partial charge in [-0.1, -0.05) is 6.07 Å². The molecule has 31 heavy (non-hydrogen) atoms. The van der Waals surface area contributed by atoms with E-state index >= 15 is 0 Å². The van der Waals surface area contributed by atoms with Gasteiger partial charge in [-0.2, -0.15) is 13.2 Å². The molecule has 0 radical (unpaired) electrons. The second-order valence-corrected chi connectivity index (χ2v) is 7.93. The van der Waals surface area contributed by atoms with Gasteiger partial charge in [0.25, 0.3) is 0 Å². The summed E-state index contributed by atoms with van der Waals surface area (Å²) < 4.78 is 49.9. The van der Waals surface area contributed by atoms with Crippen LogP contribution in [0.5, 0.6) is 11.5 Å². The standard InChI is InChI=1S/C21H16F3NO5S/c1-29-17-7-12-11(6-18(17)30-10-21(22,23)24)5-15(19-3-2-4-31-19)25-9-13(20(27)28)16(26)8-14(12)25/h2-4,6-9,15H,5,10H2,1H3,(H,27,28). The molecule has 0 spiro atoms. The van der Waals surface area contributed by atoms with Gasteiger partial charge in [0, 0.05) is 22.7 Å². The molecule has 6 nitrogen and oxygen atoms in total. The Balaban J connectivity index is 1.90. The number of halogens is 3. The Bertz CT molecular complexity index is 1200. The maximum Gasteiger partial charge on any atom is 0.422 e. The molecule has 3 aromatic rings. The number of hydrogen-bond acceptors (Lipinski definition) is 5. The van der Waals surface area contributed by atoms with Crippen LogP contribution in [0.3, 0.4) is 0 Å². The molecule has 1 unspecified atom stereocenters. The van der Waals surface area contributed by atoms with Crippen molar-refractivity contribution < 1.29 is 32.5 Å². The van der Waals surface area contributed by atoms with Crippen LogP contribution in [0, 0.1) is 0 Å². The van der Waals surface area contributed by atoms with Crippen molar-refractivity contribution in [2.45, 2.75) is 18.6 Å². The summed E-state index contributed by atoms with van der Waals surface area (Å²) in [5.74, 6) is -1.30. The van der Waals surface area contributed by atoms with Crippen LogP contribution in [0.4, 0.5) is 13.2 Å². The minimum atomic E-state index is -4.51. The highest BCUT2D eigenvalue weighted by molar-refractivity contribution is 7.10. The number of thiophene rings is 1. The van der Waals surface area contributed by atoms with Gasteiger partial charge in [-0.25, -0.2) is 4.79 Å². The summed E-state index contributed by atoms with van der Waals surface area (Å²) in [5, 5.41) is 11.3. The van der Waals surface area contributed by atoms with Gasteiger partial charge in [-0.15, -0.1) is 11.3 Å². The second-order valence-electron chi connectivity index (χ2n) is 6.95. The first-order chi connectivity index (χ1) is 14.7. The molecule has 1 aliphatic rings. The van der Waals surface area contributed by atoms with Crippen LogP contribution in [0.15, 0.2) is 46.7 Å². The zero-order valence-corrected chi connectivity index (χ0v) is 16.9. The fraction of sp³-hybridized carbons (Fsp3) is 0.238. The molecule has 1 atom stereocenters. The van der Waals surface area contributed by atoms with Crippen LogP contribution in [0.25, 0.3) is 11.3 Å². The van der Waals surface area contributed by atoms with Gasteiger partial charge < -0.3 is 19.1 Å². The number of ether oxygens (including phenoxy) is 2. The number of pyridine rings is 1. The van der Waals surface area contributed by atoms with Gasteiger partial charge in [0.1, 0.15) is 5.56 Å². The quantitative estimate of drug-likeness (QED) is 0.623. The van der Waals surface area contributed by atoms with Gasteiger partial charge in [0.15, 0.2) is 23.5 Å². The maximum absolute atomic E-state index is 12.7. The van der Waals surface area contributed by atoms with Crippen molar-refractivity contribution in [1.29, 1.82) is 0 Å². The maximum atomic E-state index is 12.7. The van der Waals surface area contributed by atoms with E-state index in [0.717, 1.165) is 4.88 Å². The lowest BCUT2D eigenvalue weighted by Gasteiger charge is -2.31. The molecule has 0 bridgehead atoms. The molecule has 1 aliphatic heterocycles. The van der Waals surface area contributed by atoms with E-state index in [1.165, 1.54) is 42.8 Å². The number of carboxylic acids is 1. The highest BCUT2D eigenvalue weighted by Gasteiger charge is 2.31. The van der Waals surface area contributed by atoms with Gasteiger partial charge >= 0.3 is 12.1 Å². The molecule has 3 heterocycles. The Labute approximate surface area is 178 Å². The molecule has 0 aliphatic carbocycles. The number of hydrogen-bond donors (Lipinski definition) is 1. The van der Waals surface area contributed by atoms with Crippen LogP contribution in [-0.2, 0) is 6.42 Å². The summed E-state index contributed by atoms with van der Waals surface area (Å²) in [6.07, 6.45) is -2.82. The molecular formula is C21H16F3NO5S. The average molecular weight is 451 g/mol. The molecule has 2 aromatic heterocycles. The van der Waals surface area contributed by atoms with Crippen LogP contribution in [-0.4, -0.2) is 35.5 Å². The minimum Gasteiger partial charge on any atom is -0.493 e. The fourth-order valence-corrected chi connectivity index (χ4v) is 4.48. The van der Waals surface area contributed by atoms with Crippen molar-refractivity contribution >= 4 is 17.3 Å². The normalized spacial score (nSPS) is 15.2. The summed E-state index contributed by atoms with van der Waals surface area (Å²) >= 11 is 1.46. The summed E-state index contributed by atoms with van der Waals surface area (Å²) in [7, 11) is 1.31. The fourth-order valence-electron chi connectivity index (χ4n) is 3.65. The minimum absolute atomic E-state index is 0.0542. The Morgan fingerprint density at radius 1 is 1.29 bits per heavy atom. The first kappa shape index (κ1) is 21.0. The van der Waals surface area contributed by atoms with E-state index in [1.807, 2.05) is 17.5 Å². The number of rotatable bonds is 5. The number of aromatic nitrogens is 1. The van der Waals surface area contributed by atoms with E-state index in [4.69, 9.17) is 9.47 Å². The molecule has 162 valence electrons. The van der Waals surface area contributed by atoms with E-state index in [1.54, 1.807) is 4.57 Å². The van der Waals surface area contributed by atoms with Gasteiger partial charge in [0.2, 0.25) is 0 Å². The SMILES string of the molecule is COc1cc2c(cc1OCC(F)(F)F)CC(c1cccs1)n1cc(C(=O)O)c(=O)cc1-2. The molecule has 1 aromatic carbocycles. The van der Waals surface area contributed by atoms with Crippen LogP contribution in [0.1, 0.15) is 26.8 Å². The monoisotopic (exact) mass is 451 g/mol. The second kappa shape index (κ2) is 7.77. The number of benzene rings is 1. The highest BCUT2D eigenvalue weighted by Crippen LogP contribution is 2.43. The van der Waals surface area contributed by atoms with Gasteiger partial charge in [0.05, 0.1) is 18.8 Å². The molecule has 0 amide bonds. The Morgan fingerprint density at radius 3 is 2.68 bits per heavy atom. The summed E-state index contributed by atoms with van der Waals surface area (Å²) in [6, 6.07) is 7.63. The lowest BCUT2D eigenvalue weighted by molar-refractivity contribution is -0.153. The van der Waals surface area contributed by atoms with E-state index in [0.29, 0.717) is 23.2 Å². The van der Waals surface area contributed by atoms with E-state index < -0.39 is 24.2 Å². The zero-order valence-electron chi connectivity index (χ0n) is 16.1. The number of alkyl halides is 3. The number of methoxy groups -OCH3 is 1. The Morgan fingerprint density at radius 2 is 2.06 bits per heavy atom. The largest absolute Gasteiger partial charge is 0.493 e. The van der Waals surface area contributed by atoms with Crippen LogP contribution in [0.2, 0.25) is 0 Å². The molecule has 1 N–H and O–H groups in total. The van der Waals surface area contributed by atoms with Crippen LogP contribution < -0.4 is 14.9 Å². The van der Waals surface area contributed by atoms with Crippen molar-refractivity contribution in [2.75, 3.05) is 13.7 Å². The van der Waals surface area contributed by atoms with Crippen LogP contribution >= 0.6 is 11.3 Å². The number of nitrogens with zero attached hydrogens (tertiary/aromatic N) is 1. The molecule has 10 heteroatoms. The van der Waals surface area contributed by atoms with Crippen molar-refractivity contribution in [3.63, 3.8) is 0 Å². The van der Waals surface area contributed by atoms with Crippen molar-refractivity contribution in [3.05, 3.63) is 68.1 Å². The number of aromatic carboxylic acids is 1. The average Bonchev–Trinajstić information content (AvgIpc) is 3.24. The predicted octanol–water partition coefficient (Wildman–Crippen LogP) is 4.37. The highest BCUT2D eigenvalue weighted by atomic mass is 32.1. The third-order valence-electron chi connectivity index (χ3n) is 4.99. The first-order valence-electron chi connectivity index (χ1n) is 9.11. The molecule has 4 rings (SSSR count). The first-order valence-corrected chi connectivity index (χ1v) is 9.99. The number of carboxylic acid groups (broad SMARTS) is 1. The third kappa shape index (κ3) is 4.02. The van der Waals surface area contributed by atoms with Crippen molar-refractivity contribution in [3.8, 4) is 22.8 Å². The summed E-state index contributed by atoms with van der Waals surface area (Å²) in [5.41, 5.74) is 0.672. The summed E-state index contributed by atoms with van der Waals surface area (Å²) in [4.78, 5) is 24.8. The van der Waals surface area contributed by atoms with E-state index in [9.17, 15) is 27.9 Å². The topological polar surface area (TPSA) is 77.8 Å². The van der Waals surface area contributed by atoms with Crippen molar-refractivity contribution in [1.82, 2.24) is 4.57 Å².